The van der Waals surface area contributed by atoms with Gasteiger partial charge in [-0.1, -0.05) is 13.8 Å². The van der Waals surface area contributed by atoms with Crippen LogP contribution in [0.25, 0.3) is 0 Å². The number of aliphatic hydroxyl groups excluding tert-OH is 1. The molecular formula is C14H33NO4Si. The van der Waals surface area contributed by atoms with Crippen LogP contribution in [0.3, 0.4) is 0 Å². The van der Waals surface area contributed by atoms with Gasteiger partial charge in [0.25, 0.3) is 0 Å². The van der Waals surface area contributed by atoms with E-state index in [1.165, 1.54) is 0 Å². The van der Waals surface area contributed by atoms with Gasteiger partial charge < -0.3 is 24.1 Å². The first kappa shape index (κ1) is 20.0. The molecule has 0 bridgehead atoms. The van der Waals surface area contributed by atoms with Crippen LogP contribution in [0.15, 0.2) is 0 Å². The monoisotopic (exact) mass is 307 g/mol. The van der Waals surface area contributed by atoms with Crippen molar-refractivity contribution in [2.75, 3.05) is 26.4 Å². The molecule has 3 N–H and O–H groups in total. The van der Waals surface area contributed by atoms with E-state index in [1.54, 1.807) is 6.92 Å². The molecule has 0 aliphatic rings. The molecule has 2 unspecified atom stereocenters. The third kappa shape index (κ3) is 5.79. The van der Waals surface area contributed by atoms with Crippen LogP contribution in [0.4, 0.5) is 0 Å². The third-order valence-corrected chi connectivity index (χ3v) is 6.80. The fourth-order valence-electron chi connectivity index (χ4n) is 2.48. The molecule has 122 valence electrons. The Bertz CT molecular complexity index is 245. The van der Waals surface area contributed by atoms with Crippen LogP contribution in [0, 0.1) is 11.3 Å². The van der Waals surface area contributed by atoms with Gasteiger partial charge in [-0.05, 0) is 45.6 Å². The molecule has 6 heteroatoms. The molecular weight excluding hydrogens is 274 g/mol. The first-order valence-corrected chi connectivity index (χ1v) is 9.51. The molecule has 2 atom stereocenters. The number of nitrogens with two attached hydrogens (primary N) is 1. The summed E-state index contributed by atoms with van der Waals surface area (Å²) in [5.41, 5.74) is 5.67. The van der Waals surface area contributed by atoms with Crippen LogP contribution >= 0.6 is 0 Å². The lowest BCUT2D eigenvalue weighted by Gasteiger charge is -2.40. The third-order valence-electron chi connectivity index (χ3n) is 3.67. The van der Waals surface area contributed by atoms with Gasteiger partial charge in [0.1, 0.15) is 0 Å². The van der Waals surface area contributed by atoms with Gasteiger partial charge >= 0.3 is 8.80 Å². The molecule has 0 heterocycles. The van der Waals surface area contributed by atoms with Crippen molar-refractivity contribution in [3.8, 4) is 0 Å². The van der Waals surface area contributed by atoms with E-state index >= 15 is 0 Å². The molecule has 0 radical (unpaired) electrons. The van der Waals surface area contributed by atoms with E-state index in [0.29, 0.717) is 32.4 Å². The molecule has 0 fully saturated rings. The second kappa shape index (κ2) is 9.12. The van der Waals surface area contributed by atoms with E-state index < -0.39 is 14.9 Å². The molecule has 0 saturated heterocycles. The lowest BCUT2D eigenvalue weighted by molar-refractivity contribution is 0.0241. The topological polar surface area (TPSA) is 73.9 Å². The minimum atomic E-state index is -2.76. The summed E-state index contributed by atoms with van der Waals surface area (Å²) in [6.07, 6.45) is -0.484. The highest BCUT2D eigenvalue weighted by molar-refractivity contribution is 6.60. The number of rotatable bonds is 11. The van der Waals surface area contributed by atoms with Gasteiger partial charge in [0.05, 0.1) is 6.10 Å². The Balaban J connectivity index is 5.24. The molecule has 0 rings (SSSR count). The lowest BCUT2D eigenvalue weighted by atomic mass is 9.77. The summed E-state index contributed by atoms with van der Waals surface area (Å²) >= 11 is 0. The second-order valence-corrected chi connectivity index (χ2v) is 8.37. The second-order valence-electron chi connectivity index (χ2n) is 5.73. The number of hydrogen-bond donors (Lipinski definition) is 2. The Morgan fingerprint density at radius 3 is 1.70 bits per heavy atom. The summed E-state index contributed by atoms with van der Waals surface area (Å²) in [5, 5.41) is 10.1. The van der Waals surface area contributed by atoms with Crippen LogP contribution in [0.1, 0.15) is 41.5 Å². The summed E-state index contributed by atoms with van der Waals surface area (Å²) in [6.45, 7) is 13.9. The van der Waals surface area contributed by atoms with Crippen molar-refractivity contribution in [2.24, 2.45) is 17.1 Å². The highest BCUT2D eigenvalue weighted by Gasteiger charge is 2.47. The van der Waals surface area contributed by atoms with Crippen LogP contribution in [-0.2, 0) is 13.3 Å². The number of aliphatic hydroxyl groups is 1. The molecule has 0 aliphatic carbocycles. The Labute approximate surface area is 125 Å². The van der Waals surface area contributed by atoms with Crippen LogP contribution in [0.2, 0.25) is 6.04 Å². The zero-order valence-corrected chi connectivity index (χ0v) is 14.9. The Morgan fingerprint density at radius 1 is 1.05 bits per heavy atom. The summed E-state index contributed by atoms with van der Waals surface area (Å²) in [4.78, 5) is 0. The molecule has 5 nitrogen and oxygen atoms in total. The van der Waals surface area contributed by atoms with E-state index in [0.717, 1.165) is 0 Å². The summed E-state index contributed by atoms with van der Waals surface area (Å²) in [5.74, 6) is -0.0242. The van der Waals surface area contributed by atoms with Crippen molar-refractivity contribution in [3.63, 3.8) is 0 Å². The van der Waals surface area contributed by atoms with Gasteiger partial charge in [0, 0.05) is 25.9 Å². The van der Waals surface area contributed by atoms with E-state index in [1.807, 2.05) is 20.8 Å². The Hall–Kier alpha value is 0.0169. The van der Waals surface area contributed by atoms with Gasteiger partial charge in [0.2, 0.25) is 0 Å². The first-order valence-electron chi connectivity index (χ1n) is 7.58. The van der Waals surface area contributed by atoms with E-state index in [4.69, 9.17) is 19.0 Å². The minimum absolute atomic E-state index is 0.0242. The van der Waals surface area contributed by atoms with Crippen LogP contribution in [-0.4, -0.2) is 46.4 Å². The fourth-order valence-corrected chi connectivity index (χ4v) is 5.84. The maximum atomic E-state index is 10.1. The van der Waals surface area contributed by atoms with E-state index in [-0.39, 0.29) is 11.3 Å². The maximum absolute atomic E-state index is 10.1. The quantitative estimate of drug-likeness (QED) is 0.571. The average molecular weight is 308 g/mol. The van der Waals surface area contributed by atoms with Crippen molar-refractivity contribution < 1.29 is 18.4 Å². The van der Waals surface area contributed by atoms with E-state index in [2.05, 4.69) is 13.8 Å². The highest BCUT2D eigenvalue weighted by atomic mass is 28.4. The Kier molecular flexibility index (Phi) is 9.13. The van der Waals surface area contributed by atoms with Gasteiger partial charge in [-0.3, -0.25) is 0 Å². The summed E-state index contributed by atoms with van der Waals surface area (Å²) in [7, 11) is -2.76. The zero-order valence-electron chi connectivity index (χ0n) is 13.9. The zero-order chi connectivity index (χ0) is 15.8. The minimum Gasteiger partial charge on any atom is -0.393 e. The summed E-state index contributed by atoms with van der Waals surface area (Å²) < 4.78 is 17.6. The molecule has 0 saturated carbocycles. The normalized spacial score (nSPS) is 16.2. The van der Waals surface area contributed by atoms with Crippen molar-refractivity contribution >= 4 is 8.80 Å². The number of hydrogen-bond acceptors (Lipinski definition) is 5. The van der Waals surface area contributed by atoms with Crippen molar-refractivity contribution in [1.82, 2.24) is 0 Å². The Morgan fingerprint density at radius 2 is 1.45 bits per heavy atom. The van der Waals surface area contributed by atoms with Gasteiger partial charge in [0.15, 0.2) is 0 Å². The average Bonchev–Trinajstić information content (AvgIpc) is 2.36. The van der Waals surface area contributed by atoms with Crippen molar-refractivity contribution in [1.29, 1.82) is 0 Å². The molecule has 0 aromatic carbocycles. The SMILES string of the molecule is CCO[Si](CC(C(C)O)C(C)(C)CN)(OCC)OCC. The molecule has 0 amide bonds. The van der Waals surface area contributed by atoms with Gasteiger partial charge in [-0.2, -0.15) is 0 Å². The van der Waals surface area contributed by atoms with Gasteiger partial charge in [-0.15, -0.1) is 0 Å². The lowest BCUT2D eigenvalue weighted by Crippen LogP contribution is -2.52. The van der Waals surface area contributed by atoms with Crippen molar-refractivity contribution in [3.05, 3.63) is 0 Å². The van der Waals surface area contributed by atoms with Crippen molar-refractivity contribution in [2.45, 2.75) is 53.7 Å². The largest absolute Gasteiger partial charge is 0.501 e. The van der Waals surface area contributed by atoms with Gasteiger partial charge in [-0.25, -0.2) is 0 Å². The smallest absolute Gasteiger partial charge is 0.393 e. The van der Waals surface area contributed by atoms with Crippen LogP contribution in [0.5, 0.6) is 0 Å². The first-order chi connectivity index (χ1) is 9.28. The molecule has 0 aromatic rings. The molecule has 20 heavy (non-hydrogen) atoms. The molecule has 0 aromatic heterocycles. The highest BCUT2D eigenvalue weighted by Crippen LogP contribution is 2.36. The van der Waals surface area contributed by atoms with E-state index in [9.17, 15) is 5.11 Å². The predicted molar refractivity (Wildman–Crippen MR) is 83.4 cm³/mol. The molecule has 0 aliphatic heterocycles. The summed E-state index contributed by atoms with van der Waals surface area (Å²) in [6, 6.07) is 0.588. The van der Waals surface area contributed by atoms with Crippen LogP contribution < -0.4 is 5.73 Å². The molecule has 0 spiro atoms. The maximum Gasteiger partial charge on any atom is 0.501 e. The fraction of sp³-hybridized carbons (Fsp3) is 1.00. The predicted octanol–water partition coefficient (Wildman–Crippen LogP) is 2.02. The standard InChI is InChI=1S/C14H33NO4Si/c1-7-17-20(18-8-2,19-9-3)10-13(12(4)16)14(5,6)11-15/h12-13,16H,7-11,15H2,1-6H3.